The molecule has 0 aliphatic carbocycles. The molecule has 3 heteroatoms. The molecule has 1 rings (SSSR count). The number of methoxy groups -OCH3 is 1. The number of nitrogens with zero attached hydrogens (tertiary/aromatic N) is 1. The van der Waals surface area contributed by atoms with Crippen LogP contribution in [0, 0.1) is 11.8 Å². The van der Waals surface area contributed by atoms with Crippen LogP contribution in [0.3, 0.4) is 0 Å². The monoisotopic (exact) mass is 264 g/mol. The van der Waals surface area contributed by atoms with Gasteiger partial charge < -0.3 is 10.1 Å². The summed E-state index contributed by atoms with van der Waals surface area (Å²) in [5.74, 6) is 2.15. The van der Waals surface area contributed by atoms with E-state index in [9.17, 15) is 0 Å². The van der Waals surface area contributed by atoms with Crippen LogP contribution in [0.15, 0.2) is 18.3 Å². The van der Waals surface area contributed by atoms with Gasteiger partial charge in [0.05, 0.1) is 7.11 Å². The first-order chi connectivity index (χ1) is 9.02. The van der Waals surface area contributed by atoms with E-state index >= 15 is 0 Å². The maximum absolute atomic E-state index is 5.29. The van der Waals surface area contributed by atoms with Gasteiger partial charge in [0.25, 0.3) is 0 Å². The summed E-state index contributed by atoms with van der Waals surface area (Å²) in [7, 11) is 1.67. The number of hydrogen-bond acceptors (Lipinski definition) is 3. The Hall–Kier alpha value is -1.09. The quantitative estimate of drug-likeness (QED) is 0.778. The highest BCUT2D eigenvalue weighted by Gasteiger charge is 2.13. The summed E-state index contributed by atoms with van der Waals surface area (Å²) in [4.78, 5) is 4.23. The molecule has 1 heterocycles. The summed E-state index contributed by atoms with van der Waals surface area (Å²) in [6.07, 6.45) is 4.18. The number of aromatic nitrogens is 1. The average Bonchev–Trinajstić information content (AvgIpc) is 2.35. The van der Waals surface area contributed by atoms with Crippen LogP contribution >= 0.6 is 0 Å². The van der Waals surface area contributed by atoms with Crippen molar-refractivity contribution in [3.63, 3.8) is 0 Å². The zero-order valence-electron chi connectivity index (χ0n) is 12.9. The van der Waals surface area contributed by atoms with Gasteiger partial charge in [0.1, 0.15) is 0 Å². The summed E-state index contributed by atoms with van der Waals surface area (Å²) >= 11 is 0. The maximum atomic E-state index is 5.29. The molecule has 0 aromatic carbocycles. The number of hydrogen-bond donors (Lipinski definition) is 1. The zero-order valence-corrected chi connectivity index (χ0v) is 12.9. The Labute approximate surface area is 117 Å². The highest BCUT2D eigenvalue weighted by atomic mass is 16.5. The van der Waals surface area contributed by atoms with Crippen molar-refractivity contribution in [2.45, 2.75) is 53.1 Å². The Morgan fingerprint density at radius 1 is 1.16 bits per heavy atom. The van der Waals surface area contributed by atoms with Gasteiger partial charge in [0.15, 0.2) is 0 Å². The molecule has 0 aliphatic heterocycles. The number of pyridine rings is 1. The van der Waals surface area contributed by atoms with Crippen molar-refractivity contribution in [3.8, 4) is 5.88 Å². The van der Waals surface area contributed by atoms with Crippen LogP contribution in [-0.4, -0.2) is 18.1 Å². The lowest BCUT2D eigenvalue weighted by Crippen LogP contribution is -2.31. The predicted octanol–water partition coefficient (Wildman–Crippen LogP) is 3.64. The van der Waals surface area contributed by atoms with Gasteiger partial charge in [-0.3, -0.25) is 0 Å². The molecule has 0 fully saturated rings. The molecule has 0 bridgehead atoms. The molecule has 0 spiro atoms. The Bertz CT molecular complexity index is 354. The van der Waals surface area contributed by atoms with Crippen LogP contribution in [-0.2, 0) is 6.54 Å². The molecule has 19 heavy (non-hydrogen) atoms. The molecule has 0 saturated carbocycles. The van der Waals surface area contributed by atoms with Gasteiger partial charge in [-0.1, -0.05) is 33.8 Å². The molecule has 1 N–H and O–H groups in total. The van der Waals surface area contributed by atoms with E-state index < -0.39 is 0 Å². The lowest BCUT2D eigenvalue weighted by molar-refractivity contribution is 0.351. The van der Waals surface area contributed by atoms with E-state index in [1.165, 1.54) is 12.8 Å². The summed E-state index contributed by atoms with van der Waals surface area (Å²) < 4.78 is 5.29. The normalized spacial score (nSPS) is 11.6. The van der Waals surface area contributed by atoms with E-state index in [4.69, 9.17) is 4.74 Å². The van der Waals surface area contributed by atoms with E-state index in [2.05, 4.69) is 44.1 Å². The molecule has 3 nitrogen and oxygen atoms in total. The topological polar surface area (TPSA) is 34.1 Å². The molecule has 1 aromatic heterocycles. The minimum absolute atomic E-state index is 0.560. The second kappa shape index (κ2) is 8.16. The Kier molecular flexibility index (Phi) is 6.85. The molecule has 0 atom stereocenters. The molecular weight excluding hydrogens is 236 g/mol. The van der Waals surface area contributed by atoms with Gasteiger partial charge in [-0.15, -0.1) is 0 Å². The number of rotatable bonds is 8. The van der Waals surface area contributed by atoms with Crippen molar-refractivity contribution in [2.75, 3.05) is 7.11 Å². The van der Waals surface area contributed by atoms with Gasteiger partial charge in [-0.2, -0.15) is 0 Å². The molecular formula is C16H28N2O. The maximum Gasteiger partial charge on any atom is 0.217 e. The Morgan fingerprint density at radius 3 is 2.32 bits per heavy atom. The molecule has 0 radical (unpaired) electrons. The molecule has 0 aliphatic rings. The summed E-state index contributed by atoms with van der Waals surface area (Å²) in [5, 5.41) is 3.65. The van der Waals surface area contributed by atoms with Crippen molar-refractivity contribution in [2.24, 2.45) is 11.8 Å². The van der Waals surface area contributed by atoms with E-state index in [1.54, 1.807) is 13.3 Å². The largest absolute Gasteiger partial charge is 0.481 e. The second-order valence-corrected chi connectivity index (χ2v) is 6.01. The zero-order chi connectivity index (χ0) is 14.3. The van der Waals surface area contributed by atoms with Crippen molar-refractivity contribution in [1.29, 1.82) is 0 Å². The van der Waals surface area contributed by atoms with E-state index in [1.807, 2.05) is 6.07 Å². The molecule has 0 saturated heterocycles. The third-order valence-electron chi connectivity index (χ3n) is 3.14. The highest BCUT2D eigenvalue weighted by molar-refractivity contribution is 5.25. The summed E-state index contributed by atoms with van der Waals surface area (Å²) in [5.41, 5.74) is 1.13. The standard InChI is InChI=1S/C16H28N2O/c1-12(2)9-15(10-13(3)4)18-11-14-7-6-8-17-16(14)19-5/h6-8,12-13,15,18H,9-11H2,1-5H3. The first-order valence-corrected chi connectivity index (χ1v) is 7.24. The van der Waals surface area contributed by atoms with Gasteiger partial charge in [0.2, 0.25) is 5.88 Å². The molecule has 0 amide bonds. The summed E-state index contributed by atoms with van der Waals surface area (Å²) in [6, 6.07) is 4.59. The van der Waals surface area contributed by atoms with Crippen LogP contribution < -0.4 is 10.1 Å². The Balaban J connectivity index is 2.59. The van der Waals surface area contributed by atoms with Gasteiger partial charge in [-0.25, -0.2) is 4.98 Å². The predicted molar refractivity (Wildman–Crippen MR) is 80.3 cm³/mol. The second-order valence-electron chi connectivity index (χ2n) is 6.01. The van der Waals surface area contributed by atoms with Crippen molar-refractivity contribution in [3.05, 3.63) is 23.9 Å². The fraction of sp³-hybridized carbons (Fsp3) is 0.688. The molecule has 108 valence electrons. The average molecular weight is 264 g/mol. The van der Waals surface area contributed by atoms with Crippen LogP contribution in [0.1, 0.15) is 46.1 Å². The van der Waals surface area contributed by atoms with E-state index in [0.29, 0.717) is 17.9 Å². The van der Waals surface area contributed by atoms with Crippen LogP contribution in [0.25, 0.3) is 0 Å². The lowest BCUT2D eigenvalue weighted by atomic mass is 9.95. The van der Waals surface area contributed by atoms with Gasteiger partial charge in [-0.05, 0) is 30.7 Å². The van der Waals surface area contributed by atoms with Crippen molar-refractivity contribution >= 4 is 0 Å². The molecule has 0 unspecified atom stereocenters. The van der Waals surface area contributed by atoms with Crippen LogP contribution in [0.4, 0.5) is 0 Å². The third-order valence-corrected chi connectivity index (χ3v) is 3.14. The van der Waals surface area contributed by atoms with Gasteiger partial charge >= 0.3 is 0 Å². The summed E-state index contributed by atoms with van der Waals surface area (Å²) in [6.45, 7) is 9.93. The van der Waals surface area contributed by atoms with Gasteiger partial charge in [0, 0.05) is 24.3 Å². The van der Waals surface area contributed by atoms with Crippen LogP contribution in [0.5, 0.6) is 5.88 Å². The minimum Gasteiger partial charge on any atom is -0.481 e. The first-order valence-electron chi connectivity index (χ1n) is 7.24. The van der Waals surface area contributed by atoms with E-state index in [-0.39, 0.29) is 0 Å². The van der Waals surface area contributed by atoms with Crippen molar-refractivity contribution < 1.29 is 4.74 Å². The fourth-order valence-electron chi connectivity index (χ4n) is 2.40. The minimum atomic E-state index is 0.560. The van der Waals surface area contributed by atoms with Crippen molar-refractivity contribution in [1.82, 2.24) is 10.3 Å². The lowest BCUT2D eigenvalue weighted by Gasteiger charge is -2.23. The smallest absolute Gasteiger partial charge is 0.217 e. The fourth-order valence-corrected chi connectivity index (χ4v) is 2.40. The third kappa shape index (κ3) is 6.06. The highest BCUT2D eigenvalue weighted by Crippen LogP contribution is 2.17. The van der Waals surface area contributed by atoms with Crippen LogP contribution in [0.2, 0.25) is 0 Å². The number of ether oxygens (including phenoxy) is 1. The van der Waals surface area contributed by atoms with E-state index in [0.717, 1.165) is 18.0 Å². The SMILES string of the molecule is COc1ncccc1CNC(CC(C)C)CC(C)C. The first kappa shape index (κ1) is 16.0. The number of nitrogens with one attached hydrogen (secondary N) is 1. The Morgan fingerprint density at radius 2 is 1.79 bits per heavy atom. The molecule has 1 aromatic rings.